The minimum Gasteiger partial charge on any atom is -0.377 e. The average Bonchev–Trinajstić information content (AvgIpc) is 2.45. The standard InChI is InChI=1S/C18H32N2O/c1-6-19(13-14-21-16(3)4)11-12-20(7-2)18-10-8-9-17(5)15-18/h8-10,15-16H,6-7,11-14H2,1-5H3. The Morgan fingerprint density at radius 3 is 2.38 bits per heavy atom. The summed E-state index contributed by atoms with van der Waals surface area (Å²) >= 11 is 0. The van der Waals surface area contributed by atoms with Gasteiger partial charge in [-0.25, -0.2) is 0 Å². The molecule has 0 heterocycles. The minimum absolute atomic E-state index is 0.322. The van der Waals surface area contributed by atoms with Gasteiger partial charge in [0.25, 0.3) is 0 Å². The molecule has 0 radical (unpaired) electrons. The van der Waals surface area contributed by atoms with E-state index >= 15 is 0 Å². The molecule has 3 heteroatoms. The summed E-state index contributed by atoms with van der Waals surface area (Å²) in [6.07, 6.45) is 0.322. The van der Waals surface area contributed by atoms with E-state index in [0.29, 0.717) is 6.10 Å². The number of benzene rings is 1. The maximum absolute atomic E-state index is 5.65. The van der Waals surface area contributed by atoms with Crippen LogP contribution in [0, 0.1) is 6.92 Å². The van der Waals surface area contributed by atoms with Crippen molar-refractivity contribution in [1.82, 2.24) is 4.90 Å². The summed E-state index contributed by atoms with van der Waals surface area (Å²) in [5, 5.41) is 0. The quantitative estimate of drug-likeness (QED) is 0.656. The van der Waals surface area contributed by atoms with Gasteiger partial charge in [-0.15, -0.1) is 0 Å². The summed E-state index contributed by atoms with van der Waals surface area (Å²) in [6, 6.07) is 8.76. The van der Waals surface area contributed by atoms with Crippen LogP contribution in [0.5, 0.6) is 0 Å². The van der Waals surface area contributed by atoms with E-state index in [1.807, 2.05) is 0 Å². The molecule has 1 aromatic carbocycles. The van der Waals surface area contributed by atoms with E-state index in [9.17, 15) is 0 Å². The molecule has 3 nitrogen and oxygen atoms in total. The molecule has 0 bridgehead atoms. The fourth-order valence-electron chi connectivity index (χ4n) is 2.40. The second-order valence-electron chi connectivity index (χ2n) is 5.77. The van der Waals surface area contributed by atoms with E-state index in [4.69, 9.17) is 4.74 Å². The monoisotopic (exact) mass is 292 g/mol. The van der Waals surface area contributed by atoms with Crippen molar-refractivity contribution in [3.8, 4) is 0 Å². The van der Waals surface area contributed by atoms with Crippen LogP contribution in [0.25, 0.3) is 0 Å². The van der Waals surface area contributed by atoms with E-state index in [1.165, 1.54) is 11.3 Å². The smallest absolute Gasteiger partial charge is 0.0596 e. The zero-order valence-corrected chi connectivity index (χ0v) is 14.4. The lowest BCUT2D eigenvalue weighted by Gasteiger charge is -2.28. The van der Waals surface area contributed by atoms with Crippen molar-refractivity contribution in [3.05, 3.63) is 29.8 Å². The van der Waals surface area contributed by atoms with E-state index in [-0.39, 0.29) is 0 Å². The number of rotatable bonds is 10. The average molecular weight is 292 g/mol. The van der Waals surface area contributed by atoms with Gasteiger partial charge in [-0.2, -0.15) is 0 Å². The molecule has 0 amide bonds. The van der Waals surface area contributed by atoms with Gasteiger partial charge in [0.1, 0.15) is 0 Å². The second kappa shape index (κ2) is 9.80. The summed E-state index contributed by atoms with van der Waals surface area (Å²) in [5.74, 6) is 0. The first-order valence-corrected chi connectivity index (χ1v) is 8.22. The number of aryl methyl sites for hydroxylation is 1. The zero-order chi connectivity index (χ0) is 15.7. The van der Waals surface area contributed by atoms with E-state index in [2.05, 4.69) is 68.7 Å². The van der Waals surface area contributed by atoms with Crippen LogP contribution in [0.15, 0.2) is 24.3 Å². The molecule has 0 saturated carbocycles. The van der Waals surface area contributed by atoms with Gasteiger partial charge in [0, 0.05) is 31.9 Å². The minimum atomic E-state index is 0.322. The summed E-state index contributed by atoms with van der Waals surface area (Å²) < 4.78 is 5.65. The molecule has 0 N–H and O–H groups in total. The third kappa shape index (κ3) is 6.96. The molecule has 21 heavy (non-hydrogen) atoms. The van der Waals surface area contributed by atoms with Crippen LogP contribution in [0.3, 0.4) is 0 Å². The van der Waals surface area contributed by atoms with Crippen LogP contribution < -0.4 is 4.90 Å². The van der Waals surface area contributed by atoms with Crippen LogP contribution in [-0.4, -0.2) is 50.3 Å². The lowest BCUT2D eigenvalue weighted by molar-refractivity contribution is 0.0605. The topological polar surface area (TPSA) is 15.7 Å². The van der Waals surface area contributed by atoms with Gasteiger partial charge in [-0.3, -0.25) is 4.90 Å². The number of anilines is 1. The van der Waals surface area contributed by atoms with Crippen LogP contribution in [0.4, 0.5) is 5.69 Å². The third-order valence-electron chi connectivity index (χ3n) is 3.74. The first-order chi connectivity index (χ1) is 10.1. The predicted octanol–water partition coefficient (Wildman–Crippen LogP) is 3.57. The fraction of sp³-hybridized carbons (Fsp3) is 0.667. The highest BCUT2D eigenvalue weighted by atomic mass is 16.5. The molecular weight excluding hydrogens is 260 g/mol. The van der Waals surface area contributed by atoms with E-state index < -0.39 is 0 Å². The van der Waals surface area contributed by atoms with Gasteiger partial charge >= 0.3 is 0 Å². The van der Waals surface area contributed by atoms with Crippen molar-refractivity contribution in [2.24, 2.45) is 0 Å². The molecule has 0 aliphatic heterocycles. The summed E-state index contributed by atoms with van der Waals surface area (Å²) in [4.78, 5) is 4.90. The Morgan fingerprint density at radius 1 is 1.05 bits per heavy atom. The zero-order valence-electron chi connectivity index (χ0n) is 14.4. The summed E-state index contributed by atoms with van der Waals surface area (Å²) in [6.45, 7) is 16.9. The van der Waals surface area contributed by atoms with E-state index in [1.54, 1.807) is 0 Å². The highest BCUT2D eigenvalue weighted by Crippen LogP contribution is 2.15. The molecule has 0 unspecified atom stereocenters. The first kappa shape index (κ1) is 18.0. The summed E-state index contributed by atoms with van der Waals surface area (Å²) in [7, 11) is 0. The Balaban J connectivity index is 2.45. The van der Waals surface area contributed by atoms with Crippen LogP contribution >= 0.6 is 0 Å². The lowest BCUT2D eigenvalue weighted by atomic mass is 10.2. The molecule has 0 saturated heterocycles. The maximum atomic E-state index is 5.65. The Kier molecular flexibility index (Phi) is 8.40. The van der Waals surface area contributed by atoms with Crippen LogP contribution in [-0.2, 0) is 4.74 Å². The maximum Gasteiger partial charge on any atom is 0.0596 e. The van der Waals surface area contributed by atoms with Crippen LogP contribution in [0.1, 0.15) is 33.3 Å². The molecule has 1 rings (SSSR count). The van der Waals surface area contributed by atoms with Crippen molar-refractivity contribution < 1.29 is 4.74 Å². The highest BCUT2D eigenvalue weighted by molar-refractivity contribution is 5.48. The van der Waals surface area contributed by atoms with Crippen LogP contribution in [0.2, 0.25) is 0 Å². The van der Waals surface area contributed by atoms with Gasteiger partial charge in [-0.05, 0) is 51.9 Å². The Bertz CT molecular complexity index is 393. The third-order valence-corrected chi connectivity index (χ3v) is 3.74. The largest absolute Gasteiger partial charge is 0.377 e. The molecule has 0 spiro atoms. The number of nitrogens with zero attached hydrogens (tertiary/aromatic N) is 2. The highest BCUT2D eigenvalue weighted by Gasteiger charge is 2.08. The van der Waals surface area contributed by atoms with Gasteiger partial charge in [0.05, 0.1) is 12.7 Å². The van der Waals surface area contributed by atoms with Crippen molar-refractivity contribution in [3.63, 3.8) is 0 Å². The number of likely N-dealkylation sites (N-methyl/N-ethyl adjacent to an activating group) is 2. The van der Waals surface area contributed by atoms with Gasteiger partial charge < -0.3 is 9.64 Å². The predicted molar refractivity (Wildman–Crippen MR) is 92.3 cm³/mol. The Labute approximate surface area is 130 Å². The molecular formula is C18H32N2O. The summed E-state index contributed by atoms with van der Waals surface area (Å²) in [5.41, 5.74) is 2.65. The molecule has 0 atom stereocenters. The van der Waals surface area contributed by atoms with Crippen molar-refractivity contribution >= 4 is 5.69 Å². The normalized spacial score (nSPS) is 11.4. The number of hydrogen-bond acceptors (Lipinski definition) is 3. The number of ether oxygens (including phenoxy) is 1. The van der Waals surface area contributed by atoms with Gasteiger partial charge in [0.15, 0.2) is 0 Å². The van der Waals surface area contributed by atoms with Crippen molar-refractivity contribution in [1.29, 1.82) is 0 Å². The molecule has 1 aromatic rings. The molecule has 120 valence electrons. The Hall–Kier alpha value is -1.06. The number of hydrogen-bond donors (Lipinski definition) is 0. The SMILES string of the molecule is CCN(CCOC(C)C)CCN(CC)c1cccc(C)c1. The first-order valence-electron chi connectivity index (χ1n) is 8.22. The van der Waals surface area contributed by atoms with Gasteiger partial charge in [0.2, 0.25) is 0 Å². The van der Waals surface area contributed by atoms with Crippen molar-refractivity contribution in [2.45, 2.75) is 40.7 Å². The molecule has 0 aliphatic rings. The molecule has 0 fully saturated rings. The second-order valence-corrected chi connectivity index (χ2v) is 5.77. The fourth-order valence-corrected chi connectivity index (χ4v) is 2.40. The molecule has 0 aliphatic carbocycles. The van der Waals surface area contributed by atoms with Gasteiger partial charge in [-0.1, -0.05) is 19.1 Å². The van der Waals surface area contributed by atoms with E-state index in [0.717, 1.165) is 39.3 Å². The molecule has 0 aromatic heterocycles. The lowest BCUT2D eigenvalue weighted by Crippen LogP contribution is -2.37. The van der Waals surface area contributed by atoms with Crippen molar-refractivity contribution in [2.75, 3.05) is 44.2 Å². The Morgan fingerprint density at radius 2 is 1.81 bits per heavy atom.